The van der Waals surface area contributed by atoms with Crippen molar-refractivity contribution in [3.05, 3.63) is 215 Å². The van der Waals surface area contributed by atoms with Crippen molar-refractivity contribution in [3.63, 3.8) is 0 Å². The van der Waals surface area contributed by atoms with E-state index in [9.17, 15) is 0 Å². The largest absolute Gasteiger partial charge is 0.309 e. The van der Waals surface area contributed by atoms with Gasteiger partial charge in [0.2, 0.25) is 0 Å². The van der Waals surface area contributed by atoms with E-state index in [0.717, 1.165) is 55.2 Å². The van der Waals surface area contributed by atoms with Gasteiger partial charge in [0.25, 0.3) is 0 Å². The van der Waals surface area contributed by atoms with Gasteiger partial charge in [0.15, 0.2) is 0 Å². The van der Waals surface area contributed by atoms with Crippen LogP contribution in [-0.4, -0.2) is 14.1 Å². The van der Waals surface area contributed by atoms with Gasteiger partial charge >= 0.3 is 0 Å². The number of pyridine rings is 1. The minimum absolute atomic E-state index is 0.0440. The van der Waals surface area contributed by atoms with Gasteiger partial charge in [-0.2, -0.15) is 0 Å². The van der Waals surface area contributed by atoms with Gasteiger partial charge in [-0.25, -0.2) is 0 Å². The van der Waals surface area contributed by atoms with E-state index < -0.39 is 0 Å². The first kappa shape index (κ1) is 35.7. The van der Waals surface area contributed by atoms with Crippen molar-refractivity contribution in [2.45, 2.75) is 26.2 Å². The highest BCUT2D eigenvalue weighted by molar-refractivity contribution is 6.10. The molecule has 3 aromatic heterocycles. The van der Waals surface area contributed by atoms with Crippen LogP contribution >= 0.6 is 0 Å². The second-order valence-corrected chi connectivity index (χ2v) is 16.6. The van der Waals surface area contributed by atoms with Gasteiger partial charge in [-0.05, 0) is 124 Å². The molecule has 0 bridgehead atoms. The van der Waals surface area contributed by atoms with Crippen LogP contribution in [0.1, 0.15) is 37.5 Å². The fraction of sp³-hybridized carbons (Fsp3) is 0.0702. The van der Waals surface area contributed by atoms with Gasteiger partial charge in [0.1, 0.15) is 0 Å². The molecule has 0 saturated carbocycles. The molecule has 0 N–H and O–H groups in total. The van der Waals surface area contributed by atoms with E-state index in [0.29, 0.717) is 0 Å². The molecule has 0 unspecified atom stereocenters. The standard InChI is InChI=1S/C57H43N3/c1-37(25-29-53-38(2)45-18-9-12-23-54(45)59(53)43-27-28-51-48(36-43)46-19-8-11-21-50(46)57(51,3)4)40-26-30-56-49(35-40)47-20-10-13-24-55(47)60(56)44-33-41(39-16-6-5-7-17-39)32-42(34-44)52-22-14-15-31-58-52/h5-36H,2H2,1,3-4H3/b37-25+,53-29+. The average Bonchev–Trinajstić information content (AvgIpc) is 3.87. The third-order valence-electron chi connectivity index (χ3n) is 12.7. The van der Waals surface area contributed by atoms with Crippen molar-refractivity contribution in [2.24, 2.45) is 0 Å². The van der Waals surface area contributed by atoms with Crippen molar-refractivity contribution in [1.82, 2.24) is 14.1 Å². The number of aromatic nitrogens is 3. The molecule has 11 rings (SSSR count). The van der Waals surface area contributed by atoms with Crippen LogP contribution in [0.2, 0.25) is 0 Å². The highest BCUT2D eigenvalue weighted by atomic mass is 15.0. The lowest BCUT2D eigenvalue weighted by Crippen LogP contribution is -2.27. The molecule has 60 heavy (non-hydrogen) atoms. The van der Waals surface area contributed by atoms with Crippen LogP contribution in [0.4, 0.5) is 0 Å². The maximum atomic E-state index is 4.74. The predicted octanol–water partition coefficient (Wildman–Crippen LogP) is 13.1. The van der Waals surface area contributed by atoms with E-state index >= 15 is 0 Å². The quantitative estimate of drug-likeness (QED) is 0.165. The van der Waals surface area contributed by atoms with Crippen LogP contribution in [0.5, 0.6) is 0 Å². The molecule has 10 aromatic rings. The van der Waals surface area contributed by atoms with Gasteiger partial charge in [-0.3, -0.25) is 4.98 Å². The predicted molar refractivity (Wildman–Crippen MR) is 253 cm³/mol. The molecular formula is C57H43N3. The molecule has 3 nitrogen and oxygen atoms in total. The van der Waals surface area contributed by atoms with Gasteiger partial charge in [0.05, 0.1) is 27.6 Å². The van der Waals surface area contributed by atoms with Gasteiger partial charge in [0, 0.05) is 49.9 Å². The Morgan fingerprint density at radius 3 is 2.03 bits per heavy atom. The molecule has 0 aliphatic heterocycles. The number of rotatable bonds is 6. The van der Waals surface area contributed by atoms with E-state index in [1.54, 1.807) is 0 Å². The molecule has 0 spiro atoms. The summed E-state index contributed by atoms with van der Waals surface area (Å²) in [5.74, 6) is 0. The summed E-state index contributed by atoms with van der Waals surface area (Å²) in [6.45, 7) is 11.5. The molecule has 1 aliphatic rings. The minimum Gasteiger partial charge on any atom is -0.309 e. The normalized spacial score (nSPS) is 13.7. The third kappa shape index (κ3) is 5.61. The maximum Gasteiger partial charge on any atom is 0.0702 e. The highest BCUT2D eigenvalue weighted by Crippen LogP contribution is 2.49. The van der Waals surface area contributed by atoms with E-state index in [2.05, 4.69) is 218 Å². The zero-order valence-corrected chi connectivity index (χ0v) is 34.0. The lowest BCUT2D eigenvalue weighted by Gasteiger charge is -2.21. The summed E-state index contributed by atoms with van der Waals surface area (Å²) in [6, 6.07) is 63.7. The first-order valence-corrected chi connectivity index (χ1v) is 20.7. The number of hydrogen-bond acceptors (Lipinski definition) is 1. The SMILES string of the molecule is C=c1/c(=C\C=C(/C)c2ccc3c(c2)c2ccccc2n3-c2cc(-c3ccccc3)cc(-c3ccccn3)c2)n(-c2ccc3c(c2)-c2ccccc2C3(C)C)c2ccccc12. The number of allylic oxidation sites excluding steroid dienone is 2. The Morgan fingerprint density at radius 1 is 0.533 bits per heavy atom. The molecule has 286 valence electrons. The Labute approximate surface area is 350 Å². The smallest absolute Gasteiger partial charge is 0.0702 e. The second-order valence-electron chi connectivity index (χ2n) is 16.6. The summed E-state index contributed by atoms with van der Waals surface area (Å²) in [7, 11) is 0. The number of benzene rings is 7. The first-order valence-electron chi connectivity index (χ1n) is 20.7. The number of hydrogen-bond donors (Lipinski definition) is 0. The molecule has 0 radical (unpaired) electrons. The number of nitrogens with zero attached hydrogens (tertiary/aromatic N) is 3. The molecule has 0 saturated heterocycles. The number of para-hydroxylation sites is 2. The van der Waals surface area contributed by atoms with Crippen LogP contribution in [0, 0.1) is 0 Å². The maximum absolute atomic E-state index is 4.74. The molecule has 0 atom stereocenters. The molecular weight excluding hydrogens is 727 g/mol. The summed E-state index contributed by atoms with van der Waals surface area (Å²) >= 11 is 0. The van der Waals surface area contributed by atoms with Gasteiger partial charge in [-0.1, -0.05) is 136 Å². The summed E-state index contributed by atoms with van der Waals surface area (Å²) in [6.07, 6.45) is 6.38. The lowest BCUT2D eigenvalue weighted by molar-refractivity contribution is 0.660. The Morgan fingerprint density at radius 2 is 1.22 bits per heavy atom. The average molecular weight is 770 g/mol. The molecule has 3 heterocycles. The van der Waals surface area contributed by atoms with E-state index in [1.165, 1.54) is 55.2 Å². The molecule has 3 heteroatoms. The topological polar surface area (TPSA) is 22.8 Å². The fourth-order valence-corrected chi connectivity index (χ4v) is 9.64. The zero-order valence-electron chi connectivity index (χ0n) is 34.0. The van der Waals surface area contributed by atoms with E-state index in [-0.39, 0.29) is 5.41 Å². The third-order valence-corrected chi connectivity index (χ3v) is 12.7. The van der Waals surface area contributed by atoms with Gasteiger partial charge < -0.3 is 9.13 Å². The van der Waals surface area contributed by atoms with Crippen LogP contribution in [-0.2, 0) is 5.41 Å². The minimum atomic E-state index is -0.0440. The Kier molecular flexibility index (Phi) is 8.21. The first-order chi connectivity index (χ1) is 29.3. The van der Waals surface area contributed by atoms with Crippen LogP contribution in [0.25, 0.3) is 95.8 Å². The van der Waals surface area contributed by atoms with E-state index in [1.807, 2.05) is 12.3 Å². The zero-order chi connectivity index (χ0) is 40.5. The van der Waals surface area contributed by atoms with E-state index in [4.69, 9.17) is 4.98 Å². The summed E-state index contributed by atoms with van der Waals surface area (Å²) in [5, 5.41) is 5.71. The van der Waals surface area contributed by atoms with Crippen LogP contribution in [0.3, 0.4) is 0 Å². The van der Waals surface area contributed by atoms with Crippen molar-refractivity contribution < 1.29 is 0 Å². The summed E-state index contributed by atoms with van der Waals surface area (Å²) in [5.41, 5.74) is 17.8. The molecule has 0 amide bonds. The lowest BCUT2D eigenvalue weighted by atomic mass is 9.82. The Hall–Kier alpha value is -7.49. The Balaban J connectivity index is 1.05. The van der Waals surface area contributed by atoms with Crippen molar-refractivity contribution in [2.75, 3.05) is 0 Å². The molecule has 1 aliphatic carbocycles. The van der Waals surface area contributed by atoms with Crippen LogP contribution in [0.15, 0.2) is 188 Å². The van der Waals surface area contributed by atoms with Crippen LogP contribution < -0.4 is 10.6 Å². The highest BCUT2D eigenvalue weighted by Gasteiger charge is 2.35. The van der Waals surface area contributed by atoms with Crippen molar-refractivity contribution >= 4 is 50.9 Å². The summed E-state index contributed by atoms with van der Waals surface area (Å²) < 4.78 is 4.79. The van der Waals surface area contributed by atoms with Gasteiger partial charge in [-0.15, -0.1) is 0 Å². The Bertz CT molecular complexity index is 3410. The number of fused-ring (bicyclic) bond motifs is 7. The second kappa shape index (κ2) is 13.8. The fourth-order valence-electron chi connectivity index (χ4n) is 9.64. The van der Waals surface area contributed by atoms with Crippen molar-refractivity contribution in [1.29, 1.82) is 0 Å². The monoisotopic (exact) mass is 769 g/mol. The molecule has 0 fully saturated rings. The summed E-state index contributed by atoms with van der Waals surface area (Å²) in [4.78, 5) is 4.74. The molecule has 7 aromatic carbocycles. The van der Waals surface area contributed by atoms with Crippen molar-refractivity contribution in [3.8, 4) is 44.9 Å².